The van der Waals surface area contributed by atoms with Crippen molar-refractivity contribution in [1.82, 2.24) is 10.2 Å². The van der Waals surface area contributed by atoms with Crippen LogP contribution in [0.15, 0.2) is 36.4 Å². The molecular weight excluding hydrogens is 509 g/mol. The van der Waals surface area contributed by atoms with E-state index in [1.165, 1.54) is 4.90 Å². The van der Waals surface area contributed by atoms with Crippen LogP contribution in [0.1, 0.15) is 43.9 Å². The van der Waals surface area contributed by atoms with Gasteiger partial charge in [0.05, 0.1) is 11.9 Å². The summed E-state index contributed by atoms with van der Waals surface area (Å²) in [5.41, 5.74) is 2.69. The number of sulfonamides is 1. The normalized spacial score (nSPS) is 13.1. The van der Waals surface area contributed by atoms with Gasteiger partial charge in [0.25, 0.3) is 0 Å². The Morgan fingerprint density at radius 1 is 1.06 bits per heavy atom. The average Bonchev–Trinajstić information content (AvgIpc) is 2.76. The van der Waals surface area contributed by atoms with Crippen LogP contribution in [-0.4, -0.2) is 50.0 Å². The number of hydrogen-bond donors (Lipinski definition) is 1. The summed E-state index contributed by atoms with van der Waals surface area (Å²) in [5, 5.41) is 3.67. The summed E-state index contributed by atoms with van der Waals surface area (Å²) in [5.74, 6) is -0.872. The van der Waals surface area contributed by atoms with Crippen LogP contribution in [0.25, 0.3) is 0 Å². The molecule has 0 aliphatic carbocycles. The average molecular weight is 543 g/mol. The quantitative estimate of drug-likeness (QED) is 0.471. The molecule has 2 amide bonds. The second-order valence-corrected chi connectivity index (χ2v) is 11.6. The Labute approximate surface area is 218 Å². The van der Waals surface area contributed by atoms with E-state index < -0.39 is 28.5 Å². The Balaban J connectivity index is 2.45. The maximum absolute atomic E-state index is 13.6. The molecule has 10 heteroatoms. The zero-order valence-electron chi connectivity index (χ0n) is 20.9. The Bertz CT molecular complexity index is 1190. The molecule has 0 bridgehead atoms. The number of nitrogens with one attached hydrogen (secondary N) is 1. The Kier molecular flexibility index (Phi) is 10.0. The topological polar surface area (TPSA) is 86.8 Å². The molecule has 0 aliphatic rings. The van der Waals surface area contributed by atoms with Crippen molar-refractivity contribution in [2.45, 2.75) is 59.7 Å². The van der Waals surface area contributed by atoms with Crippen molar-refractivity contribution < 1.29 is 18.0 Å². The molecule has 0 fully saturated rings. The van der Waals surface area contributed by atoms with E-state index in [4.69, 9.17) is 23.2 Å². The highest BCUT2D eigenvalue weighted by Gasteiger charge is 2.31. The van der Waals surface area contributed by atoms with Crippen LogP contribution in [0.4, 0.5) is 5.69 Å². The monoisotopic (exact) mass is 541 g/mol. The van der Waals surface area contributed by atoms with E-state index in [0.29, 0.717) is 21.3 Å². The third kappa shape index (κ3) is 7.85. The van der Waals surface area contributed by atoms with Crippen LogP contribution >= 0.6 is 23.2 Å². The van der Waals surface area contributed by atoms with Crippen molar-refractivity contribution in [3.05, 3.63) is 63.1 Å². The zero-order valence-corrected chi connectivity index (χ0v) is 23.3. The molecule has 192 valence electrons. The summed E-state index contributed by atoms with van der Waals surface area (Å²) in [4.78, 5) is 27.9. The molecule has 0 saturated carbocycles. The number of halogens is 2. The van der Waals surface area contributed by atoms with Gasteiger partial charge in [-0.3, -0.25) is 13.9 Å². The van der Waals surface area contributed by atoms with Crippen LogP contribution < -0.4 is 9.62 Å². The summed E-state index contributed by atoms with van der Waals surface area (Å²) >= 11 is 12.4. The smallest absolute Gasteiger partial charge is 0.244 e. The molecule has 0 aromatic heterocycles. The molecule has 0 saturated heterocycles. The first-order valence-electron chi connectivity index (χ1n) is 11.3. The number of aryl methyl sites for hydroxylation is 2. The van der Waals surface area contributed by atoms with Gasteiger partial charge in [0, 0.05) is 22.6 Å². The van der Waals surface area contributed by atoms with Crippen molar-refractivity contribution >= 4 is 50.7 Å². The predicted octanol–water partition coefficient (Wildman–Crippen LogP) is 4.71. The molecule has 1 N–H and O–H groups in total. The molecular formula is C25H33Cl2N3O4S. The highest BCUT2D eigenvalue weighted by Crippen LogP contribution is 2.26. The van der Waals surface area contributed by atoms with Crippen LogP contribution in [0.3, 0.4) is 0 Å². The van der Waals surface area contributed by atoms with Gasteiger partial charge in [0.2, 0.25) is 21.8 Å². The van der Waals surface area contributed by atoms with Gasteiger partial charge in [-0.05, 0) is 63.4 Å². The fourth-order valence-electron chi connectivity index (χ4n) is 3.56. The number of benzene rings is 2. The minimum absolute atomic E-state index is 0.00834. The van der Waals surface area contributed by atoms with Crippen molar-refractivity contribution in [1.29, 1.82) is 0 Å². The zero-order chi connectivity index (χ0) is 26.5. The molecule has 0 spiro atoms. The highest BCUT2D eigenvalue weighted by atomic mass is 35.5. The molecule has 0 unspecified atom stereocenters. The van der Waals surface area contributed by atoms with Crippen LogP contribution in [0.2, 0.25) is 10.0 Å². The van der Waals surface area contributed by atoms with Crippen molar-refractivity contribution in [2.24, 2.45) is 0 Å². The van der Waals surface area contributed by atoms with Gasteiger partial charge < -0.3 is 10.2 Å². The maximum atomic E-state index is 13.6. The fraction of sp³-hybridized carbons (Fsp3) is 0.440. The summed E-state index contributed by atoms with van der Waals surface area (Å²) in [7, 11) is -3.80. The number of hydrogen-bond acceptors (Lipinski definition) is 4. The van der Waals surface area contributed by atoms with E-state index in [0.717, 1.165) is 28.1 Å². The molecule has 7 nitrogen and oxygen atoms in total. The van der Waals surface area contributed by atoms with Crippen molar-refractivity contribution in [2.75, 3.05) is 17.1 Å². The van der Waals surface area contributed by atoms with Crippen LogP contribution in [-0.2, 0) is 26.2 Å². The Morgan fingerprint density at radius 2 is 1.71 bits per heavy atom. The standard InChI is InChI=1S/C25H33Cl2N3O4S/c1-7-18(4)28-25(32)19(5)29(14-20-9-10-21(26)13-22(20)27)24(31)15-30(35(6,33)34)23-11-8-16(2)12-17(23)3/h8-13,18-19H,7,14-15H2,1-6H3,(H,28,32)/t18-,19+/m1/s1. The van der Waals surface area contributed by atoms with Gasteiger partial charge in [-0.15, -0.1) is 0 Å². The van der Waals surface area contributed by atoms with E-state index in [9.17, 15) is 18.0 Å². The first-order valence-corrected chi connectivity index (χ1v) is 13.9. The number of rotatable bonds is 10. The third-order valence-electron chi connectivity index (χ3n) is 5.82. The second kappa shape index (κ2) is 12.1. The van der Waals surface area contributed by atoms with Gasteiger partial charge >= 0.3 is 0 Å². The SMILES string of the molecule is CC[C@@H](C)NC(=O)[C@H](C)N(Cc1ccc(Cl)cc1Cl)C(=O)CN(c1ccc(C)cc1C)S(C)(=O)=O. The van der Waals surface area contributed by atoms with Gasteiger partial charge in [0.1, 0.15) is 12.6 Å². The van der Waals surface area contributed by atoms with E-state index in [2.05, 4.69) is 5.32 Å². The van der Waals surface area contributed by atoms with E-state index >= 15 is 0 Å². The minimum Gasteiger partial charge on any atom is -0.352 e. The van der Waals surface area contributed by atoms with Gasteiger partial charge in [-0.2, -0.15) is 0 Å². The molecule has 35 heavy (non-hydrogen) atoms. The predicted molar refractivity (Wildman–Crippen MR) is 142 cm³/mol. The van der Waals surface area contributed by atoms with Gasteiger partial charge in [-0.25, -0.2) is 8.42 Å². The lowest BCUT2D eigenvalue weighted by atomic mass is 10.1. The lowest BCUT2D eigenvalue weighted by Crippen LogP contribution is -2.52. The number of carbonyl (C=O) groups is 2. The van der Waals surface area contributed by atoms with Gasteiger partial charge in [-0.1, -0.05) is 53.9 Å². The Hall–Kier alpha value is -2.29. The van der Waals surface area contributed by atoms with E-state index in [1.807, 2.05) is 26.8 Å². The molecule has 0 heterocycles. The van der Waals surface area contributed by atoms with Crippen LogP contribution in [0.5, 0.6) is 0 Å². The molecule has 2 atom stereocenters. The lowest BCUT2D eigenvalue weighted by molar-refractivity contribution is -0.139. The molecule has 2 rings (SSSR count). The molecule has 0 radical (unpaired) electrons. The van der Waals surface area contributed by atoms with Crippen LogP contribution in [0, 0.1) is 13.8 Å². The van der Waals surface area contributed by atoms with Gasteiger partial charge in [0.15, 0.2) is 0 Å². The lowest BCUT2D eigenvalue weighted by Gasteiger charge is -2.32. The summed E-state index contributed by atoms with van der Waals surface area (Å²) in [6, 6.07) is 9.26. The third-order valence-corrected chi connectivity index (χ3v) is 7.54. The largest absolute Gasteiger partial charge is 0.352 e. The van der Waals surface area contributed by atoms with E-state index in [1.54, 1.807) is 44.2 Å². The number of carbonyl (C=O) groups excluding carboxylic acids is 2. The summed E-state index contributed by atoms with van der Waals surface area (Å²) in [6.07, 6.45) is 1.78. The molecule has 0 aliphatic heterocycles. The first-order chi connectivity index (χ1) is 16.2. The Morgan fingerprint density at radius 3 is 2.26 bits per heavy atom. The summed E-state index contributed by atoms with van der Waals surface area (Å²) in [6.45, 7) is 8.67. The molecule has 2 aromatic carbocycles. The highest BCUT2D eigenvalue weighted by molar-refractivity contribution is 7.92. The summed E-state index contributed by atoms with van der Waals surface area (Å²) < 4.78 is 26.5. The fourth-order valence-corrected chi connectivity index (χ4v) is 4.94. The van der Waals surface area contributed by atoms with Crippen molar-refractivity contribution in [3.8, 4) is 0 Å². The minimum atomic E-state index is -3.80. The maximum Gasteiger partial charge on any atom is 0.244 e. The van der Waals surface area contributed by atoms with Crippen molar-refractivity contribution in [3.63, 3.8) is 0 Å². The number of amides is 2. The van der Waals surface area contributed by atoms with E-state index in [-0.39, 0.29) is 18.5 Å². The number of anilines is 1. The second-order valence-electron chi connectivity index (χ2n) is 8.81. The first kappa shape index (κ1) is 28.9. The number of nitrogens with zero attached hydrogens (tertiary/aromatic N) is 2. The molecule has 2 aromatic rings.